The van der Waals surface area contributed by atoms with Crippen LogP contribution in [-0.2, 0) is 4.79 Å². The largest absolute Gasteiger partial charge is 0.408 e. The molecule has 1 unspecified atom stereocenters. The standard InChI is InChI=1S/C10H16N4O2/c1-6(5-11)4-8(15)12-10-14-13-9(16-10)7-2-3-7/h6-7H,2-5,11H2,1H3,(H,12,14,15). The van der Waals surface area contributed by atoms with E-state index in [4.69, 9.17) is 10.2 Å². The quantitative estimate of drug-likeness (QED) is 0.773. The number of hydrogen-bond donors (Lipinski definition) is 2. The number of nitrogens with zero attached hydrogens (tertiary/aromatic N) is 2. The number of anilines is 1. The fourth-order valence-electron chi connectivity index (χ4n) is 1.35. The molecule has 1 amide bonds. The summed E-state index contributed by atoms with van der Waals surface area (Å²) in [5, 5.41) is 10.2. The molecule has 1 atom stereocenters. The fourth-order valence-corrected chi connectivity index (χ4v) is 1.35. The smallest absolute Gasteiger partial charge is 0.322 e. The van der Waals surface area contributed by atoms with Gasteiger partial charge in [-0.15, -0.1) is 5.10 Å². The molecule has 3 N–H and O–H groups in total. The van der Waals surface area contributed by atoms with Crippen molar-refractivity contribution in [2.24, 2.45) is 11.7 Å². The van der Waals surface area contributed by atoms with Crippen molar-refractivity contribution in [3.63, 3.8) is 0 Å². The van der Waals surface area contributed by atoms with Gasteiger partial charge >= 0.3 is 6.01 Å². The lowest BCUT2D eigenvalue weighted by Gasteiger charge is -2.05. The first-order chi connectivity index (χ1) is 7.69. The Morgan fingerprint density at radius 2 is 2.38 bits per heavy atom. The Balaban J connectivity index is 1.85. The van der Waals surface area contributed by atoms with Gasteiger partial charge < -0.3 is 10.2 Å². The molecule has 0 aromatic carbocycles. The van der Waals surface area contributed by atoms with Crippen LogP contribution in [0.3, 0.4) is 0 Å². The zero-order valence-corrected chi connectivity index (χ0v) is 9.27. The first-order valence-electron chi connectivity index (χ1n) is 5.52. The molecule has 6 nitrogen and oxygen atoms in total. The van der Waals surface area contributed by atoms with Crippen molar-refractivity contribution >= 4 is 11.9 Å². The van der Waals surface area contributed by atoms with Crippen LogP contribution in [-0.4, -0.2) is 22.6 Å². The maximum atomic E-state index is 11.5. The second-order valence-corrected chi connectivity index (χ2v) is 4.31. The number of hydrogen-bond acceptors (Lipinski definition) is 5. The number of aromatic nitrogens is 2. The molecule has 1 saturated carbocycles. The molecule has 1 aliphatic rings. The van der Waals surface area contributed by atoms with Crippen LogP contribution in [0.2, 0.25) is 0 Å². The van der Waals surface area contributed by atoms with Crippen LogP contribution >= 0.6 is 0 Å². The first kappa shape index (κ1) is 11.1. The number of carbonyl (C=O) groups is 1. The number of rotatable bonds is 5. The number of nitrogens with one attached hydrogen (secondary N) is 1. The van der Waals surface area contributed by atoms with Crippen molar-refractivity contribution in [1.82, 2.24) is 10.2 Å². The van der Waals surface area contributed by atoms with Gasteiger partial charge in [-0.2, -0.15) is 0 Å². The van der Waals surface area contributed by atoms with Gasteiger partial charge in [0.15, 0.2) is 0 Å². The number of nitrogens with two attached hydrogens (primary N) is 1. The van der Waals surface area contributed by atoms with Gasteiger partial charge in [-0.25, -0.2) is 0 Å². The Morgan fingerprint density at radius 1 is 1.62 bits per heavy atom. The minimum absolute atomic E-state index is 0.135. The molecular formula is C10H16N4O2. The second kappa shape index (κ2) is 4.61. The van der Waals surface area contributed by atoms with Gasteiger partial charge in [0.2, 0.25) is 11.8 Å². The van der Waals surface area contributed by atoms with E-state index in [1.54, 1.807) is 0 Å². The van der Waals surface area contributed by atoms with Crippen LogP contribution in [0.5, 0.6) is 0 Å². The molecule has 88 valence electrons. The Labute approximate surface area is 93.6 Å². The topological polar surface area (TPSA) is 94.0 Å². The second-order valence-electron chi connectivity index (χ2n) is 4.31. The molecule has 1 aromatic heterocycles. The predicted molar refractivity (Wildman–Crippen MR) is 57.7 cm³/mol. The van der Waals surface area contributed by atoms with E-state index in [9.17, 15) is 4.79 Å². The highest BCUT2D eigenvalue weighted by Gasteiger charge is 2.29. The fraction of sp³-hybridized carbons (Fsp3) is 0.700. The zero-order chi connectivity index (χ0) is 11.5. The van der Waals surface area contributed by atoms with Gasteiger partial charge in [0.25, 0.3) is 0 Å². The van der Waals surface area contributed by atoms with Crippen LogP contribution in [0.4, 0.5) is 6.01 Å². The van der Waals surface area contributed by atoms with Crippen molar-refractivity contribution in [3.8, 4) is 0 Å². The Kier molecular flexibility index (Phi) is 3.19. The van der Waals surface area contributed by atoms with E-state index in [-0.39, 0.29) is 17.8 Å². The monoisotopic (exact) mass is 224 g/mol. The lowest BCUT2D eigenvalue weighted by molar-refractivity contribution is -0.117. The molecule has 0 aliphatic heterocycles. The number of carbonyl (C=O) groups excluding carboxylic acids is 1. The van der Waals surface area contributed by atoms with E-state index in [1.807, 2.05) is 6.92 Å². The lowest BCUT2D eigenvalue weighted by Crippen LogP contribution is -2.20. The van der Waals surface area contributed by atoms with Crippen molar-refractivity contribution < 1.29 is 9.21 Å². The summed E-state index contributed by atoms with van der Waals surface area (Å²) in [5.74, 6) is 1.05. The average Bonchev–Trinajstić information content (AvgIpc) is 3.00. The highest BCUT2D eigenvalue weighted by atomic mass is 16.4. The molecule has 2 rings (SSSR count). The van der Waals surface area contributed by atoms with Crippen LogP contribution in [0, 0.1) is 5.92 Å². The van der Waals surface area contributed by atoms with E-state index >= 15 is 0 Å². The summed E-state index contributed by atoms with van der Waals surface area (Å²) in [6.07, 6.45) is 2.57. The Hall–Kier alpha value is -1.43. The summed E-state index contributed by atoms with van der Waals surface area (Å²) in [6.45, 7) is 2.41. The normalized spacial score (nSPS) is 17.1. The average molecular weight is 224 g/mol. The van der Waals surface area contributed by atoms with E-state index < -0.39 is 0 Å². The van der Waals surface area contributed by atoms with Gasteiger partial charge in [0.1, 0.15) is 0 Å². The van der Waals surface area contributed by atoms with Crippen molar-refractivity contribution in [2.75, 3.05) is 11.9 Å². The zero-order valence-electron chi connectivity index (χ0n) is 9.27. The highest BCUT2D eigenvalue weighted by Crippen LogP contribution is 2.39. The summed E-state index contributed by atoms with van der Waals surface area (Å²) in [4.78, 5) is 11.5. The van der Waals surface area contributed by atoms with E-state index in [2.05, 4.69) is 15.5 Å². The maximum absolute atomic E-state index is 11.5. The minimum Gasteiger partial charge on any atom is -0.408 e. The molecule has 16 heavy (non-hydrogen) atoms. The van der Waals surface area contributed by atoms with Crippen molar-refractivity contribution in [2.45, 2.75) is 32.1 Å². The van der Waals surface area contributed by atoms with Crippen LogP contribution < -0.4 is 11.1 Å². The molecular weight excluding hydrogens is 208 g/mol. The van der Waals surface area contributed by atoms with Gasteiger partial charge in [-0.05, 0) is 25.3 Å². The third-order valence-corrected chi connectivity index (χ3v) is 2.55. The summed E-state index contributed by atoms with van der Waals surface area (Å²) in [6, 6.07) is 0.191. The third kappa shape index (κ3) is 2.79. The summed E-state index contributed by atoms with van der Waals surface area (Å²) >= 11 is 0. The SMILES string of the molecule is CC(CN)CC(=O)Nc1nnc(C2CC2)o1. The van der Waals surface area contributed by atoms with Crippen molar-refractivity contribution in [3.05, 3.63) is 5.89 Å². The first-order valence-corrected chi connectivity index (χ1v) is 5.52. The van der Waals surface area contributed by atoms with E-state index in [1.165, 1.54) is 0 Å². The van der Waals surface area contributed by atoms with Crippen molar-refractivity contribution in [1.29, 1.82) is 0 Å². The predicted octanol–water partition coefficient (Wildman–Crippen LogP) is 0.870. The highest BCUT2D eigenvalue weighted by molar-refractivity contribution is 5.88. The molecule has 1 fully saturated rings. The van der Waals surface area contributed by atoms with Gasteiger partial charge in [0.05, 0.1) is 0 Å². The molecule has 0 spiro atoms. The number of amides is 1. The van der Waals surface area contributed by atoms with Crippen LogP contribution in [0.15, 0.2) is 4.42 Å². The maximum Gasteiger partial charge on any atom is 0.322 e. The Bertz CT molecular complexity index is 373. The van der Waals surface area contributed by atoms with Crippen LogP contribution in [0.25, 0.3) is 0 Å². The van der Waals surface area contributed by atoms with Gasteiger partial charge in [0, 0.05) is 12.3 Å². The molecule has 1 aromatic rings. The molecule has 6 heteroatoms. The third-order valence-electron chi connectivity index (χ3n) is 2.55. The van der Waals surface area contributed by atoms with E-state index in [0.717, 1.165) is 12.8 Å². The van der Waals surface area contributed by atoms with Gasteiger partial charge in [-0.1, -0.05) is 12.0 Å². The molecule has 0 bridgehead atoms. The molecule has 1 aliphatic carbocycles. The van der Waals surface area contributed by atoms with Gasteiger partial charge in [-0.3, -0.25) is 10.1 Å². The minimum atomic E-state index is -0.135. The molecule has 1 heterocycles. The molecule has 0 radical (unpaired) electrons. The lowest BCUT2D eigenvalue weighted by atomic mass is 10.1. The summed E-state index contributed by atoms with van der Waals surface area (Å²) in [5.41, 5.74) is 5.43. The summed E-state index contributed by atoms with van der Waals surface area (Å²) < 4.78 is 5.31. The summed E-state index contributed by atoms with van der Waals surface area (Å²) in [7, 11) is 0. The Morgan fingerprint density at radius 3 is 3.00 bits per heavy atom. The van der Waals surface area contributed by atoms with Crippen LogP contribution in [0.1, 0.15) is 38.0 Å². The molecule has 0 saturated heterocycles. The van der Waals surface area contributed by atoms with E-state index in [0.29, 0.717) is 24.8 Å².